The van der Waals surface area contributed by atoms with Crippen molar-refractivity contribution in [2.45, 2.75) is 64.7 Å². The van der Waals surface area contributed by atoms with Crippen LogP contribution in [0.3, 0.4) is 0 Å². The highest BCUT2D eigenvalue weighted by Crippen LogP contribution is 2.32. The minimum absolute atomic E-state index is 0.105. The number of nitrogens with zero attached hydrogens (tertiary/aromatic N) is 4. The van der Waals surface area contributed by atoms with Crippen LogP contribution >= 0.6 is 11.6 Å². The Kier molecular flexibility index (Phi) is 6.47. The number of alkyl halides is 3. The van der Waals surface area contributed by atoms with Crippen LogP contribution in [0.1, 0.15) is 54.9 Å². The Morgan fingerprint density at radius 3 is 2.64 bits per heavy atom. The fourth-order valence-electron chi connectivity index (χ4n) is 4.01. The van der Waals surface area contributed by atoms with Crippen LogP contribution in [0.25, 0.3) is 5.78 Å². The summed E-state index contributed by atoms with van der Waals surface area (Å²) >= 11 is 6.32. The highest BCUT2D eigenvalue weighted by atomic mass is 35.5. The molecule has 0 unspecified atom stereocenters. The third kappa shape index (κ3) is 5.21. The van der Waals surface area contributed by atoms with E-state index in [1.807, 2.05) is 0 Å². The van der Waals surface area contributed by atoms with Crippen LogP contribution in [0.5, 0.6) is 5.75 Å². The number of halogens is 4. The number of carbonyl (C=O) groups excluding carboxylic acids is 1. The summed E-state index contributed by atoms with van der Waals surface area (Å²) in [6.07, 6.45) is 0.236. The van der Waals surface area contributed by atoms with E-state index in [1.54, 1.807) is 32.0 Å². The number of hydrogen-bond donors (Lipinski definition) is 1. The second-order valence-electron chi connectivity index (χ2n) is 8.12. The van der Waals surface area contributed by atoms with E-state index in [2.05, 4.69) is 20.4 Å². The van der Waals surface area contributed by atoms with Gasteiger partial charge < -0.3 is 10.1 Å². The van der Waals surface area contributed by atoms with Gasteiger partial charge in [0.2, 0.25) is 5.91 Å². The van der Waals surface area contributed by atoms with Crippen LogP contribution in [0.4, 0.5) is 18.9 Å². The highest BCUT2D eigenvalue weighted by Gasteiger charge is 2.37. The third-order valence-corrected chi connectivity index (χ3v) is 6.01. The van der Waals surface area contributed by atoms with E-state index in [1.165, 1.54) is 0 Å². The van der Waals surface area contributed by atoms with Crippen LogP contribution in [-0.2, 0) is 17.4 Å². The molecule has 3 aromatic rings. The zero-order valence-corrected chi connectivity index (χ0v) is 18.9. The zero-order valence-electron chi connectivity index (χ0n) is 18.2. The first-order valence-corrected chi connectivity index (χ1v) is 11.1. The molecule has 0 aliphatic heterocycles. The number of aromatic nitrogens is 4. The van der Waals surface area contributed by atoms with Gasteiger partial charge in [0, 0.05) is 23.5 Å². The molecule has 11 heteroatoms. The van der Waals surface area contributed by atoms with Gasteiger partial charge in [0.05, 0.1) is 11.1 Å². The van der Waals surface area contributed by atoms with Crippen molar-refractivity contribution in [3.63, 3.8) is 0 Å². The minimum Gasteiger partial charge on any atom is -0.489 e. The molecule has 0 atom stereocenters. The molecule has 7 nitrogen and oxygen atoms in total. The second-order valence-corrected chi connectivity index (χ2v) is 8.53. The molecular weight excluding hydrogens is 459 g/mol. The molecule has 2 heterocycles. The molecule has 1 saturated carbocycles. The van der Waals surface area contributed by atoms with Crippen molar-refractivity contribution in [3.05, 3.63) is 46.0 Å². The number of nitrogens with one attached hydrogen (secondary N) is 1. The number of amides is 1. The summed E-state index contributed by atoms with van der Waals surface area (Å²) in [5, 5.41) is 6.74. The van der Waals surface area contributed by atoms with E-state index >= 15 is 0 Å². The zero-order chi connectivity index (χ0) is 23.8. The summed E-state index contributed by atoms with van der Waals surface area (Å²) in [6, 6.07) is 5.11. The van der Waals surface area contributed by atoms with Crippen LogP contribution in [0.15, 0.2) is 18.2 Å². The number of rotatable bonds is 6. The summed E-state index contributed by atoms with van der Waals surface area (Å²) in [7, 11) is 0. The van der Waals surface area contributed by atoms with E-state index in [9.17, 15) is 18.0 Å². The fraction of sp³-hybridized carbons (Fsp3) is 0.455. The Hall–Kier alpha value is -2.88. The van der Waals surface area contributed by atoms with Crippen LogP contribution in [0, 0.1) is 13.8 Å². The first-order chi connectivity index (χ1) is 15.6. The van der Waals surface area contributed by atoms with Crippen LogP contribution < -0.4 is 10.1 Å². The molecule has 1 aliphatic rings. The van der Waals surface area contributed by atoms with Crippen molar-refractivity contribution in [3.8, 4) is 5.75 Å². The van der Waals surface area contributed by atoms with Crippen molar-refractivity contribution in [1.82, 2.24) is 19.6 Å². The van der Waals surface area contributed by atoms with Gasteiger partial charge in [-0.1, -0.05) is 11.6 Å². The quantitative estimate of drug-likeness (QED) is 0.516. The topological polar surface area (TPSA) is 81.4 Å². The number of aryl methyl sites for hydroxylation is 2. The molecule has 176 valence electrons. The number of fused-ring (bicyclic) bond motifs is 1. The number of hydrogen-bond acceptors (Lipinski definition) is 5. The molecule has 1 amide bonds. The van der Waals surface area contributed by atoms with E-state index in [-0.39, 0.29) is 30.6 Å². The molecule has 2 aromatic heterocycles. The largest absolute Gasteiger partial charge is 0.489 e. The Morgan fingerprint density at radius 1 is 1.24 bits per heavy atom. The molecule has 1 fully saturated rings. The van der Waals surface area contributed by atoms with Crippen molar-refractivity contribution >= 4 is 29.0 Å². The lowest BCUT2D eigenvalue weighted by atomic mass is 10.1. The lowest BCUT2D eigenvalue weighted by Gasteiger charge is -2.15. The van der Waals surface area contributed by atoms with E-state index < -0.39 is 12.0 Å². The highest BCUT2D eigenvalue weighted by molar-refractivity contribution is 6.32. The van der Waals surface area contributed by atoms with Gasteiger partial charge in [0.1, 0.15) is 5.75 Å². The fourth-order valence-corrected chi connectivity index (χ4v) is 4.24. The third-order valence-electron chi connectivity index (χ3n) is 5.72. The number of ether oxygens (including phenoxy) is 1. The maximum absolute atomic E-state index is 12.9. The van der Waals surface area contributed by atoms with Gasteiger partial charge in [-0.25, -0.2) is 9.50 Å². The molecular formula is C22H23ClF3N5O2. The molecule has 33 heavy (non-hydrogen) atoms. The molecule has 0 spiro atoms. The maximum Gasteiger partial charge on any atom is 0.453 e. The number of anilines is 1. The van der Waals surface area contributed by atoms with Gasteiger partial charge in [0.15, 0.2) is 0 Å². The van der Waals surface area contributed by atoms with E-state index in [0.717, 1.165) is 30.2 Å². The monoisotopic (exact) mass is 481 g/mol. The van der Waals surface area contributed by atoms with Gasteiger partial charge in [-0.15, -0.1) is 5.10 Å². The number of benzene rings is 1. The lowest BCUT2D eigenvalue weighted by Crippen LogP contribution is -2.15. The van der Waals surface area contributed by atoms with Gasteiger partial charge in [-0.3, -0.25) is 4.79 Å². The van der Waals surface area contributed by atoms with Crippen LogP contribution in [-0.4, -0.2) is 31.6 Å². The van der Waals surface area contributed by atoms with Gasteiger partial charge >= 0.3 is 6.18 Å². The molecule has 4 rings (SSSR count). The number of carbonyl (C=O) groups is 1. The summed E-state index contributed by atoms with van der Waals surface area (Å²) < 4.78 is 45.8. The summed E-state index contributed by atoms with van der Waals surface area (Å²) in [5.74, 6) is -1.04. The van der Waals surface area contributed by atoms with Crippen molar-refractivity contribution in [2.24, 2.45) is 0 Å². The average molecular weight is 482 g/mol. The predicted octanol–water partition coefficient (Wildman–Crippen LogP) is 5.31. The normalized spacial score (nSPS) is 14.7. The Labute approximate surface area is 193 Å². The molecule has 0 radical (unpaired) electrons. The van der Waals surface area contributed by atoms with Gasteiger partial charge in [-0.05, 0) is 69.7 Å². The smallest absolute Gasteiger partial charge is 0.453 e. The standard InChI is InChI=1S/C22H23ClF3N5O2/c1-12-16(13(2)31-21(27-12)29-20(30-31)22(24,25)26)8-10-19(32)28-14-7-9-18(17(23)11-14)33-15-5-3-4-6-15/h7,9,11,15H,3-6,8,10H2,1-2H3,(H,28,32). The summed E-state index contributed by atoms with van der Waals surface area (Å²) in [6.45, 7) is 3.30. The maximum atomic E-state index is 12.9. The average Bonchev–Trinajstić information content (AvgIpc) is 3.39. The van der Waals surface area contributed by atoms with E-state index in [4.69, 9.17) is 16.3 Å². The minimum atomic E-state index is -4.66. The van der Waals surface area contributed by atoms with Crippen LogP contribution in [0.2, 0.25) is 5.02 Å². The second kappa shape index (κ2) is 9.17. The van der Waals surface area contributed by atoms with Gasteiger partial charge in [0.25, 0.3) is 11.6 Å². The molecule has 0 bridgehead atoms. The first kappa shape index (κ1) is 23.3. The Balaban J connectivity index is 1.41. The first-order valence-electron chi connectivity index (χ1n) is 10.7. The summed E-state index contributed by atoms with van der Waals surface area (Å²) in [4.78, 5) is 20.1. The van der Waals surface area contributed by atoms with Crippen molar-refractivity contribution in [1.29, 1.82) is 0 Å². The molecule has 1 aliphatic carbocycles. The van der Waals surface area contributed by atoms with Gasteiger partial charge in [-0.2, -0.15) is 18.2 Å². The Morgan fingerprint density at radius 2 is 1.97 bits per heavy atom. The SMILES string of the molecule is Cc1nc2nc(C(F)(F)F)nn2c(C)c1CCC(=O)Nc1ccc(OC2CCCC2)c(Cl)c1. The molecule has 1 N–H and O–H groups in total. The van der Waals surface area contributed by atoms with Crippen molar-refractivity contribution < 1.29 is 22.7 Å². The molecule has 0 saturated heterocycles. The van der Waals surface area contributed by atoms with E-state index in [0.29, 0.717) is 33.4 Å². The summed E-state index contributed by atoms with van der Waals surface area (Å²) in [5.41, 5.74) is 2.15. The predicted molar refractivity (Wildman–Crippen MR) is 117 cm³/mol. The Bertz CT molecular complexity index is 1190. The van der Waals surface area contributed by atoms with Crippen molar-refractivity contribution in [2.75, 3.05) is 5.32 Å². The lowest BCUT2D eigenvalue weighted by molar-refractivity contribution is -0.144. The molecule has 1 aromatic carbocycles.